The lowest BCUT2D eigenvalue weighted by Crippen LogP contribution is -2.07. The van der Waals surface area contributed by atoms with Gasteiger partial charge in [-0.15, -0.1) is 0 Å². The summed E-state index contributed by atoms with van der Waals surface area (Å²) >= 11 is 1.61. The molecule has 4 heteroatoms. The molecule has 2 rings (SSSR count). The first-order valence-corrected chi connectivity index (χ1v) is 5.89. The zero-order valence-corrected chi connectivity index (χ0v) is 9.87. The highest BCUT2D eigenvalue weighted by atomic mass is 32.2. The standard InChI is InChI=1S/C13H11N3S/c14-9-10-6-7-13(12(8-10)16-15)17-11-4-2-1-3-5-11/h1-8,16H,15H2. The largest absolute Gasteiger partial charge is 0.323 e. The van der Waals surface area contributed by atoms with Gasteiger partial charge >= 0.3 is 0 Å². The first-order valence-electron chi connectivity index (χ1n) is 5.07. The second-order valence-corrected chi connectivity index (χ2v) is 4.50. The van der Waals surface area contributed by atoms with Crippen LogP contribution in [0.2, 0.25) is 0 Å². The lowest BCUT2D eigenvalue weighted by atomic mass is 10.2. The van der Waals surface area contributed by atoms with Crippen molar-refractivity contribution in [3.8, 4) is 6.07 Å². The number of benzene rings is 2. The van der Waals surface area contributed by atoms with E-state index < -0.39 is 0 Å². The maximum atomic E-state index is 8.81. The molecule has 0 unspecified atom stereocenters. The van der Waals surface area contributed by atoms with Crippen molar-refractivity contribution in [2.24, 2.45) is 5.84 Å². The molecule has 0 atom stereocenters. The third-order valence-electron chi connectivity index (χ3n) is 2.24. The summed E-state index contributed by atoms with van der Waals surface area (Å²) < 4.78 is 0. The molecule has 0 fully saturated rings. The van der Waals surface area contributed by atoms with Crippen LogP contribution in [0.5, 0.6) is 0 Å². The molecule has 0 amide bonds. The summed E-state index contributed by atoms with van der Waals surface area (Å²) in [5.41, 5.74) is 3.97. The summed E-state index contributed by atoms with van der Waals surface area (Å²) in [5.74, 6) is 5.46. The molecule has 0 saturated carbocycles. The molecule has 0 aliphatic heterocycles. The fourth-order valence-corrected chi connectivity index (χ4v) is 2.33. The van der Waals surface area contributed by atoms with E-state index >= 15 is 0 Å². The Labute approximate surface area is 104 Å². The van der Waals surface area contributed by atoms with E-state index in [2.05, 4.69) is 11.5 Å². The fourth-order valence-electron chi connectivity index (χ4n) is 1.42. The number of rotatable bonds is 3. The van der Waals surface area contributed by atoms with Crippen LogP contribution in [0, 0.1) is 11.3 Å². The minimum Gasteiger partial charge on any atom is -0.323 e. The maximum Gasteiger partial charge on any atom is 0.0992 e. The molecule has 0 bridgehead atoms. The van der Waals surface area contributed by atoms with Gasteiger partial charge in [0.1, 0.15) is 0 Å². The number of nitrogens with one attached hydrogen (secondary N) is 1. The normalized spacial score (nSPS) is 9.65. The predicted octanol–water partition coefficient (Wildman–Crippen LogP) is 3.00. The second kappa shape index (κ2) is 5.39. The molecule has 0 heterocycles. The number of nitriles is 1. The minimum absolute atomic E-state index is 0.593. The molecular weight excluding hydrogens is 230 g/mol. The second-order valence-electron chi connectivity index (χ2n) is 3.38. The number of hydrogen-bond acceptors (Lipinski definition) is 4. The molecule has 0 aliphatic rings. The van der Waals surface area contributed by atoms with Gasteiger partial charge in [0.15, 0.2) is 0 Å². The van der Waals surface area contributed by atoms with Gasteiger partial charge in [-0.1, -0.05) is 30.0 Å². The average Bonchev–Trinajstić information content (AvgIpc) is 2.40. The Balaban J connectivity index is 2.30. The van der Waals surface area contributed by atoms with Crippen molar-refractivity contribution in [2.45, 2.75) is 9.79 Å². The Morgan fingerprint density at radius 2 is 1.88 bits per heavy atom. The summed E-state index contributed by atoms with van der Waals surface area (Å²) in [6.07, 6.45) is 0. The van der Waals surface area contributed by atoms with Gasteiger partial charge in [0.05, 0.1) is 17.3 Å². The van der Waals surface area contributed by atoms with Crippen LogP contribution in [-0.2, 0) is 0 Å². The van der Waals surface area contributed by atoms with Crippen molar-refractivity contribution in [2.75, 3.05) is 5.43 Å². The van der Waals surface area contributed by atoms with Gasteiger partial charge in [-0.3, -0.25) is 5.84 Å². The van der Waals surface area contributed by atoms with E-state index in [1.54, 1.807) is 23.9 Å². The quantitative estimate of drug-likeness (QED) is 0.640. The minimum atomic E-state index is 0.593. The maximum absolute atomic E-state index is 8.81. The number of nitrogens with zero attached hydrogens (tertiary/aromatic N) is 1. The Morgan fingerprint density at radius 1 is 1.12 bits per heavy atom. The van der Waals surface area contributed by atoms with Crippen LogP contribution in [-0.4, -0.2) is 0 Å². The van der Waals surface area contributed by atoms with Crippen LogP contribution in [0.15, 0.2) is 58.3 Å². The smallest absolute Gasteiger partial charge is 0.0992 e. The Morgan fingerprint density at radius 3 is 2.53 bits per heavy atom. The highest BCUT2D eigenvalue weighted by molar-refractivity contribution is 7.99. The van der Waals surface area contributed by atoms with E-state index in [0.717, 1.165) is 15.5 Å². The van der Waals surface area contributed by atoms with E-state index in [0.29, 0.717) is 5.56 Å². The first kappa shape index (κ1) is 11.5. The van der Waals surface area contributed by atoms with Gasteiger partial charge < -0.3 is 5.43 Å². The van der Waals surface area contributed by atoms with Crippen molar-refractivity contribution >= 4 is 17.4 Å². The summed E-state index contributed by atoms with van der Waals surface area (Å²) in [4.78, 5) is 2.13. The average molecular weight is 241 g/mol. The molecule has 84 valence electrons. The SMILES string of the molecule is N#Cc1ccc(Sc2ccccc2)c(NN)c1. The number of nitrogen functional groups attached to an aromatic ring is 1. The first-order chi connectivity index (χ1) is 8.33. The Kier molecular flexibility index (Phi) is 3.66. The van der Waals surface area contributed by atoms with E-state index in [4.69, 9.17) is 11.1 Å². The third-order valence-corrected chi connectivity index (χ3v) is 3.32. The van der Waals surface area contributed by atoms with Crippen LogP contribution in [0.4, 0.5) is 5.69 Å². The molecule has 2 aromatic rings. The van der Waals surface area contributed by atoms with Crippen LogP contribution in [0.3, 0.4) is 0 Å². The molecule has 0 radical (unpaired) electrons. The van der Waals surface area contributed by atoms with Crippen molar-refractivity contribution in [1.82, 2.24) is 0 Å². The van der Waals surface area contributed by atoms with Crippen molar-refractivity contribution in [1.29, 1.82) is 5.26 Å². The topological polar surface area (TPSA) is 61.8 Å². The van der Waals surface area contributed by atoms with Gasteiger partial charge in [0.2, 0.25) is 0 Å². The van der Waals surface area contributed by atoms with Crippen LogP contribution >= 0.6 is 11.8 Å². The van der Waals surface area contributed by atoms with Gasteiger partial charge in [-0.25, -0.2) is 0 Å². The van der Waals surface area contributed by atoms with Crippen molar-refractivity contribution < 1.29 is 0 Å². The monoisotopic (exact) mass is 241 g/mol. The van der Waals surface area contributed by atoms with Gasteiger partial charge in [0.25, 0.3) is 0 Å². The molecule has 3 N–H and O–H groups in total. The number of hydrogen-bond donors (Lipinski definition) is 2. The van der Waals surface area contributed by atoms with E-state index in [1.807, 2.05) is 36.4 Å². The molecular formula is C13H11N3S. The van der Waals surface area contributed by atoms with E-state index in [-0.39, 0.29) is 0 Å². The van der Waals surface area contributed by atoms with E-state index in [1.165, 1.54) is 0 Å². The molecule has 17 heavy (non-hydrogen) atoms. The fraction of sp³-hybridized carbons (Fsp3) is 0. The molecule has 3 nitrogen and oxygen atoms in total. The van der Waals surface area contributed by atoms with Gasteiger partial charge in [-0.2, -0.15) is 5.26 Å². The van der Waals surface area contributed by atoms with E-state index in [9.17, 15) is 0 Å². The number of anilines is 1. The summed E-state index contributed by atoms with van der Waals surface area (Å²) in [6.45, 7) is 0. The van der Waals surface area contributed by atoms with Crippen LogP contribution in [0.1, 0.15) is 5.56 Å². The lowest BCUT2D eigenvalue weighted by Gasteiger charge is -2.08. The van der Waals surface area contributed by atoms with Crippen LogP contribution in [0.25, 0.3) is 0 Å². The Bertz CT molecular complexity index is 546. The zero-order chi connectivity index (χ0) is 12.1. The Hall–Kier alpha value is -1.96. The molecule has 0 aromatic heterocycles. The molecule has 2 aromatic carbocycles. The highest BCUT2D eigenvalue weighted by Crippen LogP contribution is 2.33. The van der Waals surface area contributed by atoms with Gasteiger partial charge in [-0.05, 0) is 30.3 Å². The third kappa shape index (κ3) is 2.78. The molecule has 0 spiro atoms. The van der Waals surface area contributed by atoms with Crippen LogP contribution < -0.4 is 11.3 Å². The summed E-state index contributed by atoms with van der Waals surface area (Å²) in [6, 6.07) is 17.5. The lowest BCUT2D eigenvalue weighted by molar-refractivity contribution is 1.28. The zero-order valence-electron chi connectivity index (χ0n) is 9.05. The van der Waals surface area contributed by atoms with Crippen molar-refractivity contribution in [3.05, 3.63) is 54.1 Å². The van der Waals surface area contributed by atoms with Gasteiger partial charge in [0, 0.05) is 9.79 Å². The predicted molar refractivity (Wildman–Crippen MR) is 69.5 cm³/mol. The van der Waals surface area contributed by atoms with Crippen molar-refractivity contribution in [3.63, 3.8) is 0 Å². The summed E-state index contributed by atoms with van der Waals surface area (Å²) in [5, 5.41) is 8.81. The summed E-state index contributed by atoms with van der Waals surface area (Å²) in [7, 11) is 0. The highest BCUT2D eigenvalue weighted by Gasteiger charge is 2.04. The molecule has 0 saturated heterocycles. The number of hydrazine groups is 1. The molecule has 0 aliphatic carbocycles. The number of nitrogens with two attached hydrogens (primary N) is 1.